The highest BCUT2D eigenvalue weighted by Gasteiger charge is 2.46. The number of rotatable bonds is 7. The fourth-order valence-electron chi connectivity index (χ4n) is 3.61. The van der Waals surface area contributed by atoms with Gasteiger partial charge in [0.25, 0.3) is 11.7 Å². The highest BCUT2D eigenvalue weighted by Crippen LogP contribution is 2.40. The maximum Gasteiger partial charge on any atom is 0.295 e. The molecular weight excluding hydrogens is 412 g/mol. The quantitative estimate of drug-likeness (QED) is 0.335. The Morgan fingerprint density at radius 3 is 2.77 bits per heavy atom. The average Bonchev–Trinajstić information content (AvgIpc) is 3.40. The molecule has 4 rings (SSSR count). The molecule has 3 aromatic rings. The maximum absolute atomic E-state index is 13.0. The Labute approximate surface area is 184 Å². The van der Waals surface area contributed by atoms with Crippen molar-refractivity contribution in [2.75, 3.05) is 6.61 Å². The molecule has 7 heteroatoms. The summed E-state index contributed by atoms with van der Waals surface area (Å²) < 4.78 is 5.65. The molecule has 2 aromatic heterocycles. The lowest BCUT2D eigenvalue weighted by Crippen LogP contribution is -2.28. The minimum atomic E-state index is -0.726. The molecule has 0 aliphatic carbocycles. The van der Waals surface area contributed by atoms with E-state index in [-0.39, 0.29) is 17.9 Å². The van der Waals surface area contributed by atoms with Crippen LogP contribution in [0.4, 0.5) is 0 Å². The molecule has 1 N–H and O–H groups in total. The first-order valence-corrected chi connectivity index (χ1v) is 10.9. The predicted molar refractivity (Wildman–Crippen MR) is 119 cm³/mol. The van der Waals surface area contributed by atoms with E-state index in [4.69, 9.17) is 4.74 Å². The number of aliphatic hydroxyl groups excluding tert-OH is 1. The Bertz CT molecular complexity index is 1110. The molecule has 158 valence electrons. The van der Waals surface area contributed by atoms with Gasteiger partial charge in [0, 0.05) is 22.8 Å². The first-order valence-electron chi connectivity index (χ1n) is 10.0. The number of aliphatic hydroxyl groups is 1. The van der Waals surface area contributed by atoms with Crippen LogP contribution in [0.15, 0.2) is 71.9 Å². The highest BCUT2D eigenvalue weighted by atomic mass is 32.1. The fraction of sp³-hybridized carbons (Fsp3) is 0.208. The Balaban J connectivity index is 1.80. The zero-order valence-electron chi connectivity index (χ0n) is 17.0. The van der Waals surface area contributed by atoms with Gasteiger partial charge in [-0.25, -0.2) is 0 Å². The third kappa shape index (κ3) is 4.22. The van der Waals surface area contributed by atoms with Gasteiger partial charge in [0.2, 0.25) is 0 Å². The molecular formula is C24H22N2O4S. The van der Waals surface area contributed by atoms with Crippen LogP contribution in [0, 0.1) is 0 Å². The van der Waals surface area contributed by atoms with E-state index in [1.54, 1.807) is 48.8 Å². The van der Waals surface area contributed by atoms with Gasteiger partial charge in [-0.3, -0.25) is 14.6 Å². The number of hydrogen-bond acceptors (Lipinski definition) is 6. The van der Waals surface area contributed by atoms with Crippen LogP contribution in [0.2, 0.25) is 0 Å². The smallest absolute Gasteiger partial charge is 0.295 e. The molecule has 1 unspecified atom stereocenters. The molecule has 0 spiro atoms. The van der Waals surface area contributed by atoms with Crippen LogP contribution in [0.5, 0.6) is 5.75 Å². The summed E-state index contributed by atoms with van der Waals surface area (Å²) >= 11 is 1.51. The van der Waals surface area contributed by atoms with Crippen molar-refractivity contribution >= 4 is 28.8 Å². The van der Waals surface area contributed by atoms with E-state index in [0.29, 0.717) is 23.5 Å². The van der Waals surface area contributed by atoms with E-state index in [1.807, 2.05) is 24.4 Å². The van der Waals surface area contributed by atoms with Crippen LogP contribution in [0.1, 0.15) is 35.4 Å². The van der Waals surface area contributed by atoms with Gasteiger partial charge in [-0.15, -0.1) is 11.3 Å². The predicted octanol–water partition coefficient (Wildman–Crippen LogP) is 4.55. The van der Waals surface area contributed by atoms with Crippen LogP contribution in [-0.2, 0) is 16.1 Å². The number of hydrogen-bond donors (Lipinski definition) is 1. The van der Waals surface area contributed by atoms with Gasteiger partial charge in [0.05, 0.1) is 24.8 Å². The summed E-state index contributed by atoms with van der Waals surface area (Å²) in [5, 5.41) is 13.1. The third-order valence-electron chi connectivity index (χ3n) is 5.03. The van der Waals surface area contributed by atoms with Crippen molar-refractivity contribution in [2.45, 2.75) is 25.9 Å². The second kappa shape index (κ2) is 9.14. The van der Waals surface area contributed by atoms with Crippen LogP contribution in [-0.4, -0.2) is 33.3 Å². The minimum Gasteiger partial charge on any atom is -0.507 e. The van der Waals surface area contributed by atoms with Crippen molar-refractivity contribution in [3.8, 4) is 5.75 Å². The molecule has 1 aliphatic heterocycles. The number of carbonyl (C=O) groups excluding carboxylic acids is 2. The Morgan fingerprint density at radius 1 is 1.19 bits per heavy atom. The summed E-state index contributed by atoms with van der Waals surface area (Å²) in [4.78, 5) is 32.6. The molecule has 0 radical (unpaired) electrons. The summed E-state index contributed by atoms with van der Waals surface area (Å²) in [6, 6.07) is 13.6. The first-order chi connectivity index (χ1) is 15.1. The van der Waals surface area contributed by atoms with Crippen LogP contribution in [0.3, 0.4) is 0 Å². The van der Waals surface area contributed by atoms with Crippen molar-refractivity contribution in [1.82, 2.24) is 9.88 Å². The van der Waals surface area contributed by atoms with Gasteiger partial charge in [0.15, 0.2) is 0 Å². The van der Waals surface area contributed by atoms with E-state index in [2.05, 4.69) is 4.98 Å². The van der Waals surface area contributed by atoms with E-state index in [9.17, 15) is 14.7 Å². The van der Waals surface area contributed by atoms with Crippen molar-refractivity contribution in [3.63, 3.8) is 0 Å². The van der Waals surface area contributed by atoms with Gasteiger partial charge in [-0.1, -0.05) is 31.2 Å². The maximum atomic E-state index is 13.0. The lowest BCUT2D eigenvalue weighted by Gasteiger charge is -2.24. The number of likely N-dealkylation sites (tertiary alicyclic amines) is 1. The van der Waals surface area contributed by atoms with E-state index in [1.165, 1.54) is 16.2 Å². The molecule has 0 bridgehead atoms. The summed E-state index contributed by atoms with van der Waals surface area (Å²) in [7, 11) is 0. The van der Waals surface area contributed by atoms with Crippen molar-refractivity contribution < 1.29 is 19.4 Å². The van der Waals surface area contributed by atoms with Crippen molar-refractivity contribution in [1.29, 1.82) is 0 Å². The van der Waals surface area contributed by atoms with Gasteiger partial charge in [-0.2, -0.15) is 0 Å². The molecule has 1 aromatic carbocycles. The van der Waals surface area contributed by atoms with E-state index < -0.39 is 17.7 Å². The number of ether oxygens (including phenoxy) is 1. The zero-order chi connectivity index (χ0) is 21.8. The zero-order valence-corrected chi connectivity index (χ0v) is 17.8. The molecule has 1 aliphatic rings. The normalized spacial score (nSPS) is 17.8. The third-order valence-corrected chi connectivity index (χ3v) is 5.89. The number of pyridine rings is 1. The van der Waals surface area contributed by atoms with Crippen LogP contribution < -0.4 is 4.74 Å². The molecule has 3 heterocycles. The number of ketones is 1. The summed E-state index contributed by atoms with van der Waals surface area (Å²) in [5.41, 5.74) is 1.15. The summed E-state index contributed by atoms with van der Waals surface area (Å²) in [6.07, 6.45) is 4.10. The standard InChI is InChI=1S/C24H22N2O4S/c1-2-11-30-18-8-3-6-16(13-18)22(27)20-21(17-7-4-10-25-14-17)26(24(29)23(20)28)15-19-9-5-12-31-19/h3-10,12-14,21,27H,2,11,15H2,1H3/b22-20-. The van der Waals surface area contributed by atoms with E-state index in [0.717, 1.165) is 11.3 Å². The average molecular weight is 435 g/mol. The Morgan fingerprint density at radius 2 is 2.06 bits per heavy atom. The van der Waals surface area contributed by atoms with Crippen LogP contribution >= 0.6 is 11.3 Å². The summed E-state index contributed by atoms with van der Waals surface area (Å²) in [5.74, 6) is -0.968. The molecule has 1 atom stereocenters. The van der Waals surface area contributed by atoms with Gasteiger partial charge >= 0.3 is 0 Å². The minimum absolute atomic E-state index is 0.0576. The number of benzene rings is 1. The Hall–Kier alpha value is -3.45. The molecule has 0 saturated carbocycles. The number of carbonyl (C=O) groups is 2. The van der Waals surface area contributed by atoms with Gasteiger partial charge in [0.1, 0.15) is 11.5 Å². The molecule has 31 heavy (non-hydrogen) atoms. The molecule has 1 fully saturated rings. The Kier molecular flexibility index (Phi) is 6.13. The molecule has 1 amide bonds. The fourth-order valence-corrected chi connectivity index (χ4v) is 4.31. The van der Waals surface area contributed by atoms with Crippen LogP contribution in [0.25, 0.3) is 5.76 Å². The summed E-state index contributed by atoms with van der Waals surface area (Å²) in [6.45, 7) is 2.83. The lowest BCUT2D eigenvalue weighted by atomic mass is 9.96. The molecule has 1 saturated heterocycles. The number of Topliss-reactive ketones (excluding diaryl/α,β-unsaturated/α-hetero) is 1. The number of aromatic nitrogens is 1. The van der Waals surface area contributed by atoms with Gasteiger partial charge in [-0.05, 0) is 41.6 Å². The molecule has 6 nitrogen and oxygen atoms in total. The second-order valence-electron chi connectivity index (χ2n) is 7.17. The number of nitrogens with zero attached hydrogens (tertiary/aromatic N) is 2. The highest BCUT2D eigenvalue weighted by molar-refractivity contribution is 7.09. The SMILES string of the molecule is CCCOc1cccc(/C(O)=C2/C(=O)C(=O)N(Cc3cccs3)C2c2cccnc2)c1. The first kappa shape index (κ1) is 20.8. The van der Waals surface area contributed by atoms with Crippen molar-refractivity contribution in [2.24, 2.45) is 0 Å². The van der Waals surface area contributed by atoms with Crippen molar-refractivity contribution in [3.05, 3.63) is 87.9 Å². The number of thiophene rings is 1. The lowest BCUT2D eigenvalue weighted by molar-refractivity contribution is -0.140. The largest absolute Gasteiger partial charge is 0.507 e. The van der Waals surface area contributed by atoms with Gasteiger partial charge < -0.3 is 14.7 Å². The topological polar surface area (TPSA) is 79.7 Å². The number of amides is 1. The van der Waals surface area contributed by atoms with E-state index >= 15 is 0 Å². The second-order valence-corrected chi connectivity index (χ2v) is 8.20. The monoisotopic (exact) mass is 434 g/mol.